The number of aromatic nitrogens is 2. The van der Waals surface area contributed by atoms with Crippen LogP contribution < -0.4 is 16.4 Å². The highest BCUT2D eigenvalue weighted by Gasteiger charge is 2.25. The first-order valence-electron chi connectivity index (χ1n) is 6.26. The Morgan fingerprint density at radius 2 is 2.06 bits per heavy atom. The zero-order valence-corrected chi connectivity index (χ0v) is 10.4. The molecule has 1 saturated carbocycles. The number of hydrogen-bond acceptors (Lipinski definition) is 5. The molecule has 1 fully saturated rings. The van der Waals surface area contributed by atoms with Crippen LogP contribution in [0.15, 0.2) is 12.4 Å². The maximum atomic E-state index is 11.2. The summed E-state index contributed by atoms with van der Waals surface area (Å²) in [5.74, 6) is 0.365. The molecular weight excluding hydrogens is 230 g/mol. The maximum absolute atomic E-state index is 11.2. The number of hydrogen-bond donors (Lipinski definition) is 2. The quantitative estimate of drug-likeness (QED) is 0.775. The lowest BCUT2D eigenvalue weighted by Crippen LogP contribution is -2.40. The maximum Gasteiger partial charge on any atom is 0.237 e. The highest BCUT2D eigenvalue weighted by molar-refractivity contribution is 5.79. The number of rotatable bonds is 5. The van der Waals surface area contributed by atoms with E-state index in [0.717, 1.165) is 18.5 Å². The summed E-state index contributed by atoms with van der Waals surface area (Å²) in [6.07, 6.45) is 7.85. The van der Waals surface area contributed by atoms with E-state index in [2.05, 4.69) is 9.97 Å². The Bertz CT molecular complexity index is 399. The molecule has 0 atom stereocenters. The number of nitrogens with two attached hydrogens (primary N) is 2. The van der Waals surface area contributed by atoms with Gasteiger partial charge in [0.05, 0.1) is 24.6 Å². The molecule has 1 heterocycles. The first kappa shape index (κ1) is 12.8. The SMILES string of the molecule is NCc1cnc(N(CC(N)=O)C2CCCC2)cn1. The van der Waals surface area contributed by atoms with Crippen molar-refractivity contribution in [2.24, 2.45) is 11.5 Å². The Morgan fingerprint density at radius 3 is 2.56 bits per heavy atom. The molecule has 0 bridgehead atoms. The minimum atomic E-state index is -0.341. The molecule has 0 aliphatic heterocycles. The zero-order chi connectivity index (χ0) is 13.0. The predicted molar refractivity (Wildman–Crippen MR) is 68.7 cm³/mol. The standard InChI is InChI=1S/C12H19N5O/c13-5-9-6-16-12(7-15-9)17(8-11(14)18)10-3-1-2-4-10/h6-7,10H,1-5,8,13H2,(H2,14,18). The van der Waals surface area contributed by atoms with E-state index in [9.17, 15) is 4.79 Å². The summed E-state index contributed by atoms with van der Waals surface area (Å²) >= 11 is 0. The minimum absolute atomic E-state index is 0.196. The normalized spacial score (nSPS) is 15.8. The van der Waals surface area contributed by atoms with Crippen LogP contribution in [-0.2, 0) is 11.3 Å². The smallest absolute Gasteiger partial charge is 0.237 e. The zero-order valence-electron chi connectivity index (χ0n) is 10.4. The van der Waals surface area contributed by atoms with E-state index in [1.807, 2.05) is 4.90 Å². The molecule has 0 saturated heterocycles. The third kappa shape index (κ3) is 2.95. The van der Waals surface area contributed by atoms with E-state index in [1.54, 1.807) is 12.4 Å². The molecule has 0 aromatic carbocycles. The number of anilines is 1. The first-order chi connectivity index (χ1) is 8.70. The monoisotopic (exact) mass is 249 g/mol. The highest BCUT2D eigenvalue weighted by atomic mass is 16.1. The molecular formula is C12H19N5O. The molecule has 1 amide bonds. The van der Waals surface area contributed by atoms with Gasteiger partial charge in [-0.05, 0) is 12.8 Å². The summed E-state index contributed by atoms with van der Waals surface area (Å²) in [5.41, 5.74) is 11.5. The van der Waals surface area contributed by atoms with Gasteiger partial charge in [0.25, 0.3) is 0 Å². The molecule has 0 spiro atoms. The van der Waals surface area contributed by atoms with Gasteiger partial charge in [-0.1, -0.05) is 12.8 Å². The van der Waals surface area contributed by atoms with Crippen molar-refractivity contribution in [2.45, 2.75) is 38.3 Å². The highest BCUT2D eigenvalue weighted by Crippen LogP contribution is 2.26. The molecule has 0 radical (unpaired) electrons. The van der Waals surface area contributed by atoms with Gasteiger partial charge in [-0.15, -0.1) is 0 Å². The van der Waals surface area contributed by atoms with E-state index in [-0.39, 0.29) is 12.5 Å². The minimum Gasteiger partial charge on any atom is -0.368 e. The molecule has 98 valence electrons. The fourth-order valence-electron chi connectivity index (χ4n) is 2.38. The molecule has 6 heteroatoms. The van der Waals surface area contributed by atoms with E-state index < -0.39 is 0 Å². The van der Waals surface area contributed by atoms with Gasteiger partial charge in [0, 0.05) is 12.6 Å². The molecule has 1 aliphatic carbocycles. The average molecular weight is 249 g/mol. The molecule has 4 N–H and O–H groups in total. The van der Waals surface area contributed by atoms with E-state index in [1.165, 1.54) is 12.8 Å². The Labute approximate surface area is 106 Å². The van der Waals surface area contributed by atoms with Gasteiger partial charge in [-0.2, -0.15) is 0 Å². The summed E-state index contributed by atoms with van der Waals surface area (Å²) < 4.78 is 0. The van der Waals surface area contributed by atoms with Crippen molar-refractivity contribution in [3.63, 3.8) is 0 Å². The second kappa shape index (κ2) is 5.77. The van der Waals surface area contributed by atoms with Crippen LogP contribution in [-0.4, -0.2) is 28.5 Å². The number of nitrogens with zero attached hydrogens (tertiary/aromatic N) is 3. The lowest BCUT2D eigenvalue weighted by molar-refractivity contribution is -0.116. The number of carbonyl (C=O) groups excluding carboxylic acids is 1. The van der Waals surface area contributed by atoms with Crippen molar-refractivity contribution in [1.29, 1.82) is 0 Å². The fraction of sp³-hybridized carbons (Fsp3) is 0.583. The van der Waals surface area contributed by atoms with Gasteiger partial charge >= 0.3 is 0 Å². The van der Waals surface area contributed by atoms with Crippen LogP contribution in [0.3, 0.4) is 0 Å². The summed E-state index contributed by atoms with van der Waals surface area (Å²) in [6.45, 7) is 0.563. The Hall–Kier alpha value is -1.69. The van der Waals surface area contributed by atoms with Crippen molar-refractivity contribution in [3.05, 3.63) is 18.1 Å². The van der Waals surface area contributed by atoms with Gasteiger partial charge in [0.2, 0.25) is 5.91 Å². The Kier molecular flexibility index (Phi) is 4.09. The second-order valence-electron chi connectivity index (χ2n) is 4.60. The van der Waals surface area contributed by atoms with E-state index >= 15 is 0 Å². The Balaban J connectivity index is 2.17. The molecule has 0 unspecified atom stereocenters. The van der Waals surface area contributed by atoms with Crippen LogP contribution in [0.4, 0.5) is 5.82 Å². The number of primary amides is 1. The fourth-order valence-corrected chi connectivity index (χ4v) is 2.38. The van der Waals surface area contributed by atoms with Crippen molar-refractivity contribution in [1.82, 2.24) is 9.97 Å². The number of carbonyl (C=O) groups is 1. The van der Waals surface area contributed by atoms with Crippen LogP contribution in [0.5, 0.6) is 0 Å². The molecule has 6 nitrogen and oxygen atoms in total. The molecule has 2 rings (SSSR count). The lowest BCUT2D eigenvalue weighted by Gasteiger charge is -2.28. The number of amides is 1. The average Bonchev–Trinajstić information content (AvgIpc) is 2.89. The van der Waals surface area contributed by atoms with Crippen LogP contribution in [0, 0.1) is 0 Å². The molecule has 1 aliphatic rings. The molecule has 1 aromatic heterocycles. The lowest BCUT2D eigenvalue weighted by atomic mass is 10.2. The van der Waals surface area contributed by atoms with Crippen molar-refractivity contribution in [2.75, 3.05) is 11.4 Å². The van der Waals surface area contributed by atoms with Crippen LogP contribution in [0.2, 0.25) is 0 Å². The second-order valence-corrected chi connectivity index (χ2v) is 4.60. The van der Waals surface area contributed by atoms with E-state index in [4.69, 9.17) is 11.5 Å². The largest absolute Gasteiger partial charge is 0.368 e. The van der Waals surface area contributed by atoms with Crippen LogP contribution >= 0.6 is 0 Å². The first-order valence-corrected chi connectivity index (χ1v) is 6.26. The molecule has 1 aromatic rings. The van der Waals surface area contributed by atoms with Crippen molar-refractivity contribution >= 4 is 11.7 Å². The summed E-state index contributed by atoms with van der Waals surface area (Å²) in [7, 11) is 0. The van der Waals surface area contributed by atoms with Crippen LogP contribution in [0.1, 0.15) is 31.4 Å². The summed E-state index contributed by atoms with van der Waals surface area (Å²) in [6, 6.07) is 0.343. The van der Waals surface area contributed by atoms with Gasteiger partial charge in [0.1, 0.15) is 5.82 Å². The third-order valence-electron chi connectivity index (χ3n) is 3.29. The predicted octanol–water partition coefficient (Wildman–Crippen LogP) is 0.170. The van der Waals surface area contributed by atoms with Crippen molar-refractivity contribution in [3.8, 4) is 0 Å². The summed E-state index contributed by atoms with van der Waals surface area (Å²) in [5, 5.41) is 0. The molecule has 18 heavy (non-hydrogen) atoms. The topological polar surface area (TPSA) is 98.1 Å². The third-order valence-corrected chi connectivity index (χ3v) is 3.29. The van der Waals surface area contributed by atoms with Crippen LogP contribution in [0.25, 0.3) is 0 Å². The Morgan fingerprint density at radius 1 is 1.33 bits per heavy atom. The van der Waals surface area contributed by atoms with E-state index in [0.29, 0.717) is 18.4 Å². The van der Waals surface area contributed by atoms with Crippen molar-refractivity contribution < 1.29 is 4.79 Å². The van der Waals surface area contributed by atoms with Gasteiger partial charge in [-0.3, -0.25) is 9.78 Å². The van der Waals surface area contributed by atoms with Gasteiger partial charge in [0.15, 0.2) is 0 Å². The van der Waals surface area contributed by atoms with Gasteiger partial charge in [-0.25, -0.2) is 4.98 Å². The summed E-state index contributed by atoms with van der Waals surface area (Å²) in [4.78, 5) is 21.7. The van der Waals surface area contributed by atoms with Gasteiger partial charge < -0.3 is 16.4 Å².